The van der Waals surface area contributed by atoms with Gasteiger partial charge in [0.1, 0.15) is 11.3 Å². The average Bonchev–Trinajstić information content (AvgIpc) is 2.38. The van der Waals surface area contributed by atoms with E-state index in [4.69, 9.17) is 5.11 Å². The van der Waals surface area contributed by atoms with Gasteiger partial charge >= 0.3 is 12.0 Å². The number of phenols is 1. The smallest absolute Gasteiger partial charge is 0.339 e. The van der Waals surface area contributed by atoms with E-state index in [-0.39, 0.29) is 11.3 Å². The third-order valence-electron chi connectivity index (χ3n) is 2.55. The summed E-state index contributed by atoms with van der Waals surface area (Å²) in [5, 5.41) is 26.6. The average molecular weight is 281 g/mol. The molecule has 0 saturated carbocycles. The quantitative estimate of drug-likeness (QED) is 0.482. The van der Waals surface area contributed by atoms with Crippen LogP contribution in [0.3, 0.4) is 0 Å². The monoisotopic (exact) mass is 281 g/mol. The minimum atomic E-state index is -1.22. The number of carboxylic acids is 1. The number of carbonyl (C=O) groups is 2. The molecule has 2 amide bonds. The summed E-state index contributed by atoms with van der Waals surface area (Å²) >= 11 is 0. The van der Waals surface area contributed by atoms with Crippen LogP contribution in [0.25, 0.3) is 0 Å². The Kier molecular flexibility index (Phi) is 6.31. The standard InChI is InChI=1S/C13H19N3O4/c1-2-14-6-3-7-15-13(20)16-9-4-5-10(12(18)19)11(17)8-9/h4-5,8,14,17H,2-3,6-7H2,1H3,(H,18,19)(H2,15,16,20). The summed E-state index contributed by atoms with van der Waals surface area (Å²) in [7, 11) is 0. The molecule has 0 bridgehead atoms. The van der Waals surface area contributed by atoms with Crippen molar-refractivity contribution in [2.24, 2.45) is 0 Å². The molecular weight excluding hydrogens is 262 g/mol. The van der Waals surface area contributed by atoms with Crippen LogP contribution in [0.1, 0.15) is 23.7 Å². The van der Waals surface area contributed by atoms with Crippen molar-refractivity contribution in [3.05, 3.63) is 23.8 Å². The topological polar surface area (TPSA) is 111 Å². The maximum Gasteiger partial charge on any atom is 0.339 e. The van der Waals surface area contributed by atoms with E-state index in [1.165, 1.54) is 18.2 Å². The minimum absolute atomic E-state index is 0.207. The molecule has 1 aromatic carbocycles. The molecule has 1 aromatic rings. The van der Waals surface area contributed by atoms with Crippen molar-refractivity contribution in [2.45, 2.75) is 13.3 Å². The first kappa shape index (κ1) is 15.8. The molecule has 110 valence electrons. The highest BCUT2D eigenvalue weighted by molar-refractivity contribution is 5.93. The molecule has 0 saturated heterocycles. The Morgan fingerprint density at radius 3 is 2.60 bits per heavy atom. The van der Waals surface area contributed by atoms with Crippen LogP contribution in [0.15, 0.2) is 18.2 Å². The van der Waals surface area contributed by atoms with E-state index >= 15 is 0 Å². The molecular formula is C13H19N3O4. The second kappa shape index (κ2) is 8.00. The van der Waals surface area contributed by atoms with Gasteiger partial charge in [-0.25, -0.2) is 9.59 Å². The zero-order valence-electron chi connectivity index (χ0n) is 11.3. The third kappa shape index (κ3) is 5.15. The fraction of sp³-hybridized carbons (Fsp3) is 0.385. The Labute approximate surface area is 117 Å². The lowest BCUT2D eigenvalue weighted by Crippen LogP contribution is -2.31. The zero-order chi connectivity index (χ0) is 15.0. The summed E-state index contributed by atoms with van der Waals surface area (Å²) in [5.74, 6) is -1.61. The minimum Gasteiger partial charge on any atom is -0.507 e. The van der Waals surface area contributed by atoms with E-state index in [1.54, 1.807) is 0 Å². The third-order valence-corrected chi connectivity index (χ3v) is 2.55. The summed E-state index contributed by atoms with van der Waals surface area (Å²) in [6.07, 6.45) is 0.810. The maximum absolute atomic E-state index is 11.5. The number of anilines is 1. The molecule has 0 spiro atoms. The number of amides is 2. The highest BCUT2D eigenvalue weighted by atomic mass is 16.4. The van der Waals surface area contributed by atoms with Gasteiger partial charge in [0, 0.05) is 18.3 Å². The first-order chi connectivity index (χ1) is 9.54. The number of hydrogen-bond donors (Lipinski definition) is 5. The van der Waals surface area contributed by atoms with Gasteiger partial charge in [0.15, 0.2) is 0 Å². The molecule has 20 heavy (non-hydrogen) atoms. The van der Waals surface area contributed by atoms with Crippen LogP contribution in [0.4, 0.5) is 10.5 Å². The number of hydrogen-bond acceptors (Lipinski definition) is 4. The van der Waals surface area contributed by atoms with Gasteiger partial charge < -0.3 is 26.2 Å². The molecule has 0 unspecified atom stereocenters. The van der Waals surface area contributed by atoms with Gasteiger partial charge in [0.25, 0.3) is 0 Å². The number of nitrogens with one attached hydrogen (secondary N) is 3. The van der Waals surface area contributed by atoms with Crippen molar-refractivity contribution in [2.75, 3.05) is 25.0 Å². The number of aromatic carboxylic acids is 1. The molecule has 0 aromatic heterocycles. The number of carbonyl (C=O) groups excluding carboxylic acids is 1. The van der Waals surface area contributed by atoms with E-state index in [0.29, 0.717) is 12.2 Å². The molecule has 0 aliphatic rings. The van der Waals surface area contributed by atoms with Gasteiger partial charge in [-0.3, -0.25) is 0 Å². The molecule has 7 heteroatoms. The van der Waals surface area contributed by atoms with E-state index < -0.39 is 12.0 Å². The molecule has 0 aliphatic carbocycles. The van der Waals surface area contributed by atoms with Crippen LogP contribution in [-0.2, 0) is 0 Å². The Morgan fingerprint density at radius 2 is 2.00 bits per heavy atom. The lowest BCUT2D eigenvalue weighted by Gasteiger charge is -2.09. The SMILES string of the molecule is CCNCCCNC(=O)Nc1ccc(C(=O)O)c(O)c1. The van der Waals surface area contributed by atoms with Crippen molar-refractivity contribution in [3.63, 3.8) is 0 Å². The first-order valence-electron chi connectivity index (χ1n) is 6.36. The Hall–Kier alpha value is -2.28. The Morgan fingerprint density at radius 1 is 1.25 bits per heavy atom. The summed E-state index contributed by atoms with van der Waals surface area (Å²) in [6, 6.07) is 3.45. The van der Waals surface area contributed by atoms with E-state index in [9.17, 15) is 14.7 Å². The first-order valence-corrected chi connectivity index (χ1v) is 6.36. The van der Waals surface area contributed by atoms with E-state index in [1.807, 2.05) is 6.92 Å². The highest BCUT2D eigenvalue weighted by Gasteiger charge is 2.10. The zero-order valence-corrected chi connectivity index (χ0v) is 11.3. The van der Waals surface area contributed by atoms with Crippen LogP contribution >= 0.6 is 0 Å². The van der Waals surface area contributed by atoms with Crippen molar-refractivity contribution in [3.8, 4) is 5.75 Å². The lowest BCUT2D eigenvalue weighted by molar-refractivity contribution is 0.0694. The van der Waals surface area contributed by atoms with E-state index in [0.717, 1.165) is 19.5 Å². The Bertz CT molecular complexity index is 477. The second-order valence-electron chi connectivity index (χ2n) is 4.13. The summed E-state index contributed by atoms with van der Waals surface area (Å²) < 4.78 is 0. The van der Waals surface area contributed by atoms with Gasteiger partial charge in [-0.1, -0.05) is 6.92 Å². The second-order valence-corrected chi connectivity index (χ2v) is 4.13. The van der Waals surface area contributed by atoms with Crippen LogP contribution in [-0.4, -0.2) is 41.8 Å². The summed E-state index contributed by atoms with van der Waals surface area (Å²) in [5.41, 5.74) is 0.123. The summed E-state index contributed by atoms with van der Waals surface area (Å²) in [6.45, 7) is 4.25. The van der Waals surface area contributed by atoms with Crippen molar-refractivity contribution in [1.82, 2.24) is 10.6 Å². The molecule has 1 rings (SSSR count). The van der Waals surface area contributed by atoms with Gasteiger partial charge in [0.05, 0.1) is 0 Å². The molecule has 7 nitrogen and oxygen atoms in total. The lowest BCUT2D eigenvalue weighted by atomic mass is 10.2. The van der Waals surface area contributed by atoms with Gasteiger partial charge in [-0.2, -0.15) is 0 Å². The van der Waals surface area contributed by atoms with Crippen molar-refractivity contribution in [1.29, 1.82) is 0 Å². The Balaban J connectivity index is 2.42. The number of rotatable bonds is 7. The number of carboxylic acid groups (broad SMARTS) is 1. The largest absolute Gasteiger partial charge is 0.507 e. The van der Waals surface area contributed by atoms with Crippen molar-refractivity contribution < 1.29 is 19.8 Å². The summed E-state index contributed by atoms with van der Waals surface area (Å²) in [4.78, 5) is 22.3. The molecule has 5 N–H and O–H groups in total. The number of urea groups is 1. The van der Waals surface area contributed by atoms with Crippen molar-refractivity contribution >= 4 is 17.7 Å². The molecule has 0 atom stereocenters. The van der Waals surface area contributed by atoms with Crippen LogP contribution in [0.5, 0.6) is 5.75 Å². The van der Waals surface area contributed by atoms with Crippen LogP contribution in [0.2, 0.25) is 0 Å². The predicted molar refractivity (Wildman–Crippen MR) is 75.2 cm³/mol. The number of aromatic hydroxyl groups is 1. The van der Waals surface area contributed by atoms with Gasteiger partial charge in [0.2, 0.25) is 0 Å². The van der Waals surface area contributed by atoms with Crippen LogP contribution < -0.4 is 16.0 Å². The fourth-order valence-corrected chi connectivity index (χ4v) is 1.56. The van der Waals surface area contributed by atoms with Crippen LogP contribution in [0, 0.1) is 0 Å². The highest BCUT2D eigenvalue weighted by Crippen LogP contribution is 2.21. The number of benzene rings is 1. The molecule has 0 aliphatic heterocycles. The maximum atomic E-state index is 11.5. The predicted octanol–water partition coefficient (Wildman–Crippen LogP) is 1.21. The molecule has 0 fully saturated rings. The molecule has 0 radical (unpaired) electrons. The normalized spacial score (nSPS) is 10.1. The van der Waals surface area contributed by atoms with Gasteiger partial charge in [-0.05, 0) is 31.6 Å². The van der Waals surface area contributed by atoms with E-state index in [2.05, 4.69) is 16.0 Å². The van der Waals surface area contributed by atoms with Gasteiger partial charge in [-0.15, -0.1) is 0 Å². The fourth-order valence-electron chi connectivity index (χ4n) is 1.56. The molecule has 0 heterocycles.